The fourth-order valence-electron chi connectivity index (χ4n) is 2.73. The molecule has 0 bridgehead atoms. The number of benzene rings is 3. The van der Waals surface area contributed by atoms with E-state index in [0.717, 1.165) is 20.0 Å². The van der Waals surface area contributed by atoms with Crippen LogP contribution >= 0.6 is 35.8 Å². The van der Waals surface area contributed by atoms with Crippen LogP contribution in [0.5, 0.6) is 0 Å². The van der Waals surface area contributed by atoms with Gasteiger partial charge in [-0.15, -0.1) is 0 Å². The van der Waals surface area contributed by atoms with Crippen molar-refractivity contribution in [2.75, 3.05) is 20.0 Å². The molecule has 1 fully saturated rings. The van der Waals surface area contributed by atoms with Gasteiger partial charge in [-0.3, -0.25) is 0 Å². The van der Waals surface area contributed by atoms with E-state index in [9.17, 15) is 0 Å². The summed E-state index contributed by atoms with van der Waals surface area (Å²) in [5, 5.41) is 0. The van der Waals surface area contributed by atoms with Crippen LogP contribution in [0.1, 0.15) is 0 Å². The van der Waals surface area contributed by atoms with Gasteiger partial charge in [0.25, 0.3) is 0 Å². The van der Waals surface area contributed by atoms with Crippen molar-refractivity contribution in [2.24, 2.45) is 0 Å². The number of rotatable bonds is 6. The summed E-state index contributed by atoms with van der Waals surface area (Å²) >= 11 is 5.45. The van der Waals surface area contributed by atoms with Gasteiger partial charge >= 0.3 is 0 Å². The minimum absolute atomic E-state index is 0.908. The van der Waals surface area contributed by atoms with Crippen LogP contribution in [0, 0.1) is 0 Å². The van der Waals surface area contributed by atoms with Gasteiger partial charge in [-0.2, -0.15) is 0 Å². The predicted octanol–water partition coefficient (Wildman–Crippen LogP) is 5.90. The average molecular weight is 412 g/mol. The lowest BCUT2D eigenvalue weighted by Crippen LogP contribution is -2.46. The van der Waals surface area contributed by atoms with Crippen LogP contribution in [-0.2, 0) is 0 Å². The fourth-order valence-corrected chi connectivity index (χ4v) is 5.86. The molecular formula is C21H21N3S3. The summed E-state index contributed by atoms with van der Waals surface area (Å²) in [6.07, 6.45) is 0. The Morgan fingerprint density at radius 2 is 0.667 bits per heavy atom. The normalized spacial score (nSPS) is 16.4. The third-order valence-corrected chi connectivity index (χ3v) is 6.80. The summed E-state index contributed by atoms with van der Waals surface area (Å²) in [5.41, 5.74) is 0. The van der Waals surface area contributed by atoms with E-state index >= 15 is 0 Å². The van der Waals surface area contributed by atoms with Crippen molar-refractivity contribution in [1.29, 1.82) is 0 Å². The van der Waals surface area contributed by atoms with Gasteiger partial charge in [-0.05, 0) is 72.2 Å². The van der Waals surface area contributed by atoms with E-state index in [4.69, 9.17) is 0 Å². The second-order valence-corrected chi connectivity index (χ2v) is 9.59. The van der Waals surface area contributed by atoms with Crippen molar-refractivity contribution in [1.82, 2.24) is 12.9 Å². The Morgan fingerprint density at radius 3 is 0.926 bits per heavy atom. The molecule has 0 aliphatic carbocycles. The second kappa shape index (κ2) is 9.68. The fraction of sp³-hybridized carbons (Fsp3) is 0.143. The van der Waals surface area contributed by atoms with Crippen molar-refractivity contribution >= 4 is 35.8 Å². The van der Waals surface area contributed by atoms with Crippen LogP contribution in [-0.4, -0.2) is 32.9 Å². The van der Waals surface area contributed by atoms with E-state index in [2.05, 4.69) is 104 Å². The van der Waals surface area contributed by atoms with Crippen molar-refractivity contribution in [3.63, 3.8) is 0 Å². The van der Waals surface area contributed by atoms with E-state index in [1.807, 2.05) is 35.8 Å². The maximum absolute atomic E-state index is 2.41. The van der Waals surface area contributed by atoms with Gasteiger partial charge in [0.2, 0.25) is 0 Å². The molecular weight excluding hydrogens is 390 g/mol. The van der Waals surface area contributed by atoms with Gasteiger partial charge in [0.15, 0.2) is 0 Å². The number of hydrogen-bond acceptors (Lipinski definition) is 6. The van der Waals surface area contributed by atoms with Crippen molar-refractivity contribution in [3.05, 3.63) is 91.0 Å². The van der Waals surface area contributed by atoms with Crippen LogP contribution in [0.3, 0.4) is 0 Å². The molecule has 1 saturated heterocycles. The Morgan fingerprint density at radius 1 is 0.407 bits per heavy atom. The molecule has 0 saturated carbocycles. The van der Waals surface area contributed by atoms with E-state index in [-0.39, 0.29) is 0 Å². The van der Waals surface area contributed by atoms with Crippen molar-refractivity contribution < 1.29 is 0 Å². The molecule has 1 aliphatic heterocycles. The highest BCUT2D eigenvalue weighted by Gasteiger charge is 2.25. The smallest absolute Gasteiger partial charge is 0.0739 e. The molecule has 0 N–H and O–H groups in total. The lowest BCUT2D eigenvalue weighted by molar-refractivity contribution is 0.156. The van der Waals surface area contributed by atoms with Crippen LogP contribution in [0.4, 0.5) is 0 Å². The highest BCUT2D eigenvalue weighted by atomic mass is 32.2. The molecule has 1 heterocycles. The molecule has 0 radical (unpaired) electrons. The summed E-state index contributed by atoms with van der Waals surface area (Å²) < 4.78 is 7.22. The minimum atomic E-state index is 0.908. The summed E-state index contributed by atoms with van der Waals surface area (Å²) in [5.74, 6) is 0. The predicted molar refractivity (Wildman–Crippen MR) is 117 cm³/mol. The molecule has 0 amide bonds. The molecule has 27 heavy (non-hydrogen) atoms. The Kier molecular flexibility index (Phi) is 6.79. The SMILES string of the molecule is c1ccc(SN2CN(Sc3ccccc3)CN(Sc3ccccc3)C2)cc1. The zero-order chi connectivity index (χ0) is 18.3. The Balaban J connectivity index is 1.47. The first-order valence-corrected chi connectivity index (χ1v) is 11.1. The third-order valence-electron chi connectivity index (χ3n) is 3.88. The maximum Gasteiger partial charge on any atom is 0.0739 e. The van der Waals surface area contributed by atoms with Gasteiger partial charge in [0.05, 0.1) is 20.0 Å². The maximum atomic E-state index is 2.41. The molecule has 4 rings (SSSR count). The summed E-state index contributed by atoms with van der Waals surface area (Å²) in [6.45, 7) is 2.72. The standard InChI is InChI=1S/C21H21N3S3/c1-4-10-19(11-5-1)25-22-16-23(26-20-12-6-2-7-13-20)18-24(17-22)27-21-14-8-3-9-15-21/h1-15H,16-18H2. The lowest BCUT2D eigenvalue weighted by atomic mass is 10.4. The van der Waals surface area contributed by atoms with E-state index in [1.54, 1.807) is 0 Å². The molecule has 138 valence electrons. The van der Waals surface area contributed by atoms with Gasteiger partial charge < -0.3 is 0 Å². The van der Waals surface area contributed by atoms with Gasteiger partial charge in [0.1, 0.15) is 0 Å². The highest BCUT2D eigenvalue weighted by molar-refractivity contribution is 7.98. The Labute approximate surface area is 174 Å². The van der Waals surface area contributed by atoms with Crippen LogP contribution in [0.25, 0.3) is 0 Å². The Bertz CT molecular complexity index is 699. The van der Waals surface area contributed by atoms with E-state index in [0.29, 0.717) is 0 Å². The Hall–Kier alpha value is -1.41. The molecule has 3 aromatic carbocycles. The van der Waals surface area contributed by atoms with E-state index < -0.39 is 0 Å². The minimum Gasteiger partial charge on any atom is -0.216 e. The summed E-state index contributed by atoms with van der Waals surface area (Å²) in [6, 6.07) is 31.8. The van der Waals surface area contributed by atoms with Gasteiger partial charge in [-0.1, -0.05) is 54.6 Å². The second-order valence-electron chi connectivity index (χ2n) is 6.08. The van der Waals surface area contributed by atoms with Crippen LogP contribution in [0.15, 0.2) is 106 Å². The molecule has 3 aromatic rings. The van der Waals surface area contributed by atoms with Gasteiger partial charge in [-0.25, -0.2) is 12.9 Å². The van der Waals surface area contributed by atoms with Crippen LogP contribution < -0.4 is 0 Å². The molecule has 0 atom stereocenters. The zero-order valence-corrected chi connectivity index (χ0v) is 17.3. The quantitative estimate of drug-likeness (QED) is 0.464. The first kappa shape index (κ1) is 18.9. The summed E-state index contributed by atoms with van der Waals surface area (Å²) in [7, 11) is 0. The first-order valence-electron chi connectivity index (χ1n) is 8.79. The molecule has 6 heteroatoms. The molecule has 0 unspecified atom stereocenters. The molecule has 0 aromatic heterocycles. The largest absolute Gasteiger partial charge is 0.216 e. The van der Waals surface area contributed by atoms with Crippen LogP contribution in [0.2, 0.25) is 0 Å². The van der Waals surface area contributed by atoms with Crippen molar-refractivity contribution in [3.8, 4) is 0 Å². The topological polar surface area (TPSA) is 9.72 Å². The van der Waals surface area contributed by atoms with E-state index in [1.165, 1.54) is 14.7 Å². The molecule has 1 aliphatic rings. The highest BCUT2D eigenvalue weighted by Crippen LogP contribution is 2.34. The monoisotopic (exact) mass is 411 g/mol. The summed E-state index contributed by atoms with van der Waals surface area (Å²) in [4.78, 5) is 3.82. The average Bonchev–Trinajstić information content (AvgIpc) is 2.70. The zero-order valence-electron chi connectivity index (χ0n) is 14.8. The molecule has 3 nitrogen and oxygen atoms in total. The third kappa shape index (κ3) is 5.78. The molecule has 0 spiro atoms. The number of hydrogen-bond donors (Lipinski definition) is 0. The first-order chi connectivity index (χ1) is 13.3. The lowest BCUT2D eigenvalue weighted by Gasteiger charge is -2.40. The van der Waals surface area contributed by atoms with Gasteiger partial charge in [0, 0.05) is 14.7 Å². The van der Waals surface area contributed by atoms with Crippen molar-refractivity contribution in [2.45, 2.75) is 14.7 Å². The number of nitrogens with zero attached hydrogens (tertiary/aromatic N) is 3.